The first-order valence-electron chi connectivity index (χ1n) is 9.16. The van der Waals surface area contributed by atoms with Gasteiger partial charge in [-0.1, -0.05) is 64.7 Å². The van der Waals surface area contributed by atoms with Gasteiger partial charge < -0.3 is 5.11 Å². The molecule has 124 valence electrons. The fourth-order valence-corrected chi connectivity index (χ4v) is 2.91. The van der Waals surface area contributed by atoms with Gasteiger partial charge in [-0.25, -0.2) is 0 Å². The molecule has 0 radical (unpaired) electrons. The van der Waals surface area contributed by atoms with Crippen molar-refractivity contribution in [3.8, 4) is 0 Å². The van der Waals surface area contributed by atoms with E-state index >= 15 is 0 Å². The van der Waals surface area contributed by atoms with Crippen molar-refractivity contribution < 1.29 is 9.90 Å². The molecule has 0 bridgehead atoms. The monoisotopic (exact) mass is 297 g/mol. The number of rotatable bonds is 15. The molecular weight excluding hydrogens is 262 g/mol. The number of carbonyl (C=O) groups is 1. The third-order valence-corrected chi connectivity index (χ3v) is 4.40. The van der Waals surface area contributed by atoms with Crippen LogP contribution >= 0.6 is 0 Å². The van der Waals surface area contributed by atoms with Crippen molar-refractivity contribution in [2.75, 3.05) is 19.6 Å². The van der Waals surface area contributed by atoms with Gasteiger partial charge in [0.1, 0.15) is 0 Å². The molecular formula is C18H35NO2. The summed E-state index contributed by atoms with van der Waals surface area (Å²) in [5.41, 5.74) is 0. The molecule has 1 saturated carbocycles. The smallest absolute Gasteiger partial charge is 0.317 e. The number of aliphatic carboxylic acids is 1. The molecule has 3 heteroatoms. The molecule has 0 heterocycles. The van der Waals surface area contributed by atoms with Crippen LogP contribution in [0, 0.1) is 5.92 Å². The molecule has 1 fully saturated rings. The maximum absolute atomic E-state index is 10.9. The highest BCUT2D eigenvalue weighted by molar-refractivity contribution is 5.69. The summed E-state index contributed by atoms with van der Waals surface area (Å²) < 4.78 is 0. The number of nitrogens with zero attached hydrogens (tertiary/aromatic N) is 1. The van der Waals surface area contributed by atoms with Crippen LogP contribution in [0.1, 0.15) is 84.0 Å². The Labute approximate surface area is 131 Å². The minimum absolute atomic E-state index is 0.230. The summed E-state index contributed by atoms with van der Waals surface area (Å²) in [5.74, 6) is 0.107. The van der Waals surface area contributed by atoms with Gasteiger partial charge >= 0.3 is 5.97 Å². The lowest BCUT2D eigenvalue weighted by molar-refractivity contribution is -0.138. The summed E-state index contributed by atoms with van der Waals surface area (Å²) >= 11 is 0. The zero-order valence-electron chi connectivity index (χ0n) is 14.0. The number of carboxylic acids is 1. The Kier molecular flexibility index (Phi) is 10.6. The molecule has 0 unspecified atom stereocenters. The summed E-state index contributed by atoms with van der Waals surface area (Å²) in [6.45, 7) is 4.47. The van der Waals surface area contributed by atoms with Crippen molar-refractivity contribution in [2.24, 2.45) is 5.92 Å². The number of unbranched alkanes of at least 4 members (excludes halogenated alkanes) is 9. The van der Waals surface area contributed by atoms with E-state index in [9.17, 15) is 4.79 Å². The van der Waals surface area contributed by atoms with E-state index in [1.807, 2.05) is 0 Å². The van der Waals surface area contributed by atoms with Crippen LogP contribution in [0.2, 0.25) is 0 Å². The molecule has 0 atom stereocenters. The highest BCUT2D eigenvalue weighted by Crippen LogP contribution is 2.29. The first kappa shape index (κ1) is 18.5. The Balaban J connectivity index is 1.89. The van der Waals surface area contributed by atoms with Crippen molar-refractivity contribution in [1.29, 1.82) is 0 Å². The highest BCUT2D eigenvalue weighted by Gasteiger charge is 2.24. The van der Waals surface area contributed by atoms with Crippen molar-refractivity contribution in [1.82, 2.24) is 4.90 Å². The van der Waals surface area contributed by atoms with Crippen LogP contribution < -0.4 is 0 Å². The van der Waals surface area contributed by atoms with Crippen LogP contribution in [0.3, 0.4) is 0 Å². The summed E-state index contributed by atoms with van der Waals surface area (Å²) in [4.78, 5) is 13.0. The highest BCUT2D eigenvalue weighted by atomic mass is 16.4. The van der Waals surface area contributed by atoms with Gasteiger partial charge in [0.15, 0.2) is 0 Å². The van der Waals surface area contributed by atoms with Gasteiger partial charge in [-0.15, -0.1) is 0 Å². The maximum atomic E-state index is 10.9. The zero-order valence-corrected chi connectivity index (χ0v) is 14.0. The first-order chi connectivity index (χ1) is 10.2. The third-order valence-electron chi connectivity index (χ3n) is 4.40. The van der Waals surface area contributed by atoms with Crippen molar-refractivity contribution in [3.05, 3.63) is 0 Å². The van der Waals surface area contributed by atoms with Gasteiger partial charge in [0, 0.05) is 6.54 Å². The van der Waals surface area contributed by atoms with E-state index in [-0.39, 0.29) is 6.54 Å². The van der Waals surface area contributed by atoms with E-state index in [0.29, 0.717) is 0 Å². The average molecular weight is 297 g/mol. The Morgan fingerprint density at radius 1 is 0.952 bits per heavy atom. The van der Waals surface area contributed by atoms with Crippen molar-refractivity contribution >= 4 is 5.97 Å². The molecule has 0 aliphatic heterocycles. The van der Waals surface area contributed by atoms with E-state index in [1.165, 1.54) is 70.6 Å². The molecule has 1 rings (SSSR count). The first-order valence-corrected chi connectivity index (χ1v) is 9.16. The number of hydrogen-bond acceptors (Lipinski definition) is 2. The maximum Gasteiger partial charge on any atom is 0.317 e. The van der Waals surface area contributed by atoms with Crippen LogP contribution in [-0.4, -0.2) is 35.6 Å². The fraction of sp³-hybridized carbons (Fsp3) is 0.944. The van der Waals surface area contributed by atoms with Crippen LogP contribution in [0.15, 0.2) is 0 Å². The minimum Gasteiger partial charge on any atom is -0.480 e. The van der Waals surface area contributed by atoms with Crippen LogP contribution in [-0.2, 0) is 4.79 Å². The molecule has 0 aromatic heterocycles. The molecule has 0 aromatic rings. The van der Waals surface area contributed by atoms with Gasteiger partial charge in [-0.2, -0.15) is 0 Å². The molecule has 1 aliphatic rings. The lowest BCUT2D eigenvalue weighted by atomic mass is 10.1. The lowest BCUT2D eigenvalue weighted by Gasteiger charge is -2.19. The summed E-state index contributed by atoms with van der Waals surface area (Å²) in [5, 5.41) is 8.94. The Morgan fingerprint density at radius 3 is 1.95 bits per heavy atom. The molecule has 0 aromatic carbocycles. The lowest BCUT2D eigenvalue weighted by Crippen LogP contribution is -2.32. The minimum atomic E-state index is -0.678. The second-order valence-electron chi connectivity index (χ2n) is 6.75. The van der Waals surface area contributed by atoms with Gasteiger partial charge in [0.2, 0.25) is 0 Å². The Bertz CT molecular complexity index is 264. The SMILES string of the molecule is CCCCCCCCCCCCN(CC(=O)O)CC1CC1. The van der Waals surface area contributed by atoms with Crippen LogP contribution in [0.25, 0.3) is 0 Å². The second kappa shape index (κ2) is 12.0. The van der Waals surface area contributed by atoms with Crippen LogP contribution in [0.5, 0.6) is 0 Å². The second-order valence-corrected chi connectivity index (χ2v) is 6.75. The molecule has 21 heavy (non-hydrogen) atoms. The van der Waals surface area contributed by atoms with E-state index in [4.69, 9.17) is 5.11 Å². The van der Waals surface area contributed by atoms with E-state index < -0.39 is 5.97 Å². The topological polar surface area (TPSA) is 40.5 Å². The summed E-state index contributed by atoms with van der Waals surface area (Å²) in [6, 6.07) is 0. The normalized spacial score (nSPS) is 14.8. The average Bonchev–Trinajstić information content (AvgIpc) is 3.24. The third kappa shape index (κ3) is 11.7. The number of hydrogen-bond donors (Lipinski definition) is 1. The molecule has 3 nitrogen and oxygen atoms in total. The zero-order chi connectivity index (χ0) is 15.3. The Morgan fingerprint density at radius 2 is 1.48 bits per heavy atom. The molecule has 1 N–H and O–H groups in total. The van der Waals surface area contributed by atoms with Crippen molar-refractivity contribution in [2.45, 2.75) is 84.0 Å². The predicted octanol–water partition coefficient (Wildman–Crippen LogP) is 4.70. The van der Waals surface area contributed by atoms with Gasteiger partial charge in [-0.05, 0) is 31.7 Å². The largest absolute Gasteiger partial charge is 0.480 e. The van der Waals surface area contributed by atoms with E-state index in [0.717, 1.165) is 25.4 Å². The summed E-state index contributed by atoms with van der Waals surface area (Å²) in [7, 11) is 0. The summed E-state index contributed by atoms with van der Waals surface area (Å²) in [6.07, 6.45) is 16.0. The van der Waals surface area contributed by atoms with Gasteiger partial charge in [0.25, 0.3) is 0 Å². The standard InChI is InChI=1S/C18H35NO2/c1-2-3-4-5-6-7-8-9-10-11-14-19(16-18(20)21)15-17-12-13-17/h17H,2-16H2,1H3,(H,20,21). The molecule has 0 saturated heterocycles. The molecule has 1 aliphatic carbocycles. The van der Waals surface area contributed by atoms with E-state index in [2.05, 4.69) is 11.8 Å². The van der Waals surface area contributed by atoms with Crippen LogP contribution in [0.4, 0.5) is 0 Å². The molecule has 0 amide bonds. The Hall–Kier alpha value is -0.570. The predicted molar refractivity (Wildman–Crippen MR) is 88.6 cm³/mol. The number of carboxylic acid groups (broad SMARTS) is 1. The van der Waals surface area contributed by atoms with Gasteiger partial charge in [-0.3, -0.25) is 9.69 Å². The van der Waals surface area contributed by atoms with Gasteiger partial charge in [0.05, 0.1) is 6.54 Å². The molecule has 0 spiro atoms. The fourth-order valence-electron chi connectivity index (χ4n) is 2.91. The van der Waals surface area contributed by atoms with E-state index in [1.54, 1.807) is 0 Å². The van der Waals surface area contributed by atoms with Crippen molar-refractivity contribution in [3.63, 3.8) is 0 Å². The quantitative estimate of drug-likeness (QED) is 0.445.